The highest BCUT2D eigenvalue weighted by atomic mass is 16.2. The van der Waals surface area contributed by atoms with Gasteiger partial charge in [0.15, 0.2) is 5.43 Å². The van der Waals surface area contributed by atoms with Crippen LogP contribution in [0.25, 0.3) is 10.9 Å². The maximum Gasteiger partial charge on any atom is 0.257 e. The van der Waals surface area contributed by atoms with Gasteiger partial charge in [0.2, 0.25) is 0 Å². The molecule has 0 aliphatic heterocycles. The molecule has 0 aliphatic carbocycles. The van der Waals surface area contributed by atoms with E-state index in [4.69, 9.17) is 0 Å². The second-order valence-corrected chi connectivity index (χ2v) is 6.08. The summed E-state index contributed by atoms with van der Waals surface area (Å²) in [6.07, 6.45) is 1.56. The third-order valence-corrected chi connectivity index (χ3v) is 4.23. The molecule has 6 heteroatoms. The molecule has 3 aromatic rings. The third kappa shape index (κ3) is 2.82. The van der Waals surface area contributed by atoms with Crippen molar-refractivity contribution in [2.75, 3.05) is 0 Å². The van der Waals surface area contributed by atoms with Crippen molar-refractivity contribution in [3.05, 3.63) is 63.2 Å². The molecule has 6 nitrogen and oxygen atoms in total. The van der Waals surface area contributed by atoms with Gasteiger partial charge in [0.25, 0.3) is 5.91 Å². The van der Waals surface area contributed by atoms with Crippen LogP contribution in [0.15, 0.2) is 35.3 Å². The normalized spacial score (nSPS) is 11.0. The summed E-state index contributed by atoms with van der Waals surface area (Å²) in [4.78, 5) is 24.4. The van der Waals surface area contributed by atoms with E-state index in [0.29, 0.717) is 0 Å². The third-order valence-electron chi connectivity index (χ3n) is 4.23. The lowest BCUT2D eigenvalue weighted by Crippen LogP contribution is -2.29. The van der Waals surface area contributed by atoms with Crippen LogP contribution in [0.5, 0.6) is 0 Å². The van der Waals surface area contributed by atoms with E-state index in [1.165, 1.54) is 6.07 Å². The molecule has 0 bridgehead atoms. The van der Waals surface area contributed by atoms with E-state index in [9.17, 15) is 9.59 Å². The molecule has 0 saturated heterocycles. The van der Waals surface area contributed by atoms with Crippen LogP contribution in [-0.4, -0.2) is 20.3 Å². The maximum atomic E-state index is 12.4. The zero-order chi connectivity index (χ0) is 17.4. The number of rotatable bonds is 3. The zero-order valence-corrected chi connectivity index (χ0v) is 14.3. The van der Waals surface area contributed by atoms with E-state index in [1.54, 1.807) is 22.5 Å². The average Bonchev–Trinajstić information content (AvgIpc) is 2.84. The number of aromatic nitrogens is 3. The molecule has 1 N–H and O–H groups in total. The Bertz CT molecular complexity index is 998. The largest absolute Gasteiger partial charge is 0.354 e. The Morgan fingerprint density at radius 1 is 1.21 bits per heavy atom. The van der Waals surface area contributed by atoms with Crippen molar-refractivity contribution in [1.29, 1.82) is 0 Å². The van der Waals surface area contributed by atoms with Crippen molar-refractivity contribution in [2.24, 2.45) is 14.1 Å². The van der Waals surface area contributed by atoms with Crippen LogP contribution in [0.3, 0.4) is 0 Å². The van der Waals surface area contributed by atoms with E-state index in [-0.39, 0.29) is 23.4 Å². The first-order valence-electron chi connectivity index (χ1n) is 7.74. The maximum absolute atomic E-state index is 12.4. The zero-order valence-electron chi connectivity index (χ0n) is 14.3. The predicted octanol–water partition coefficient (Wildman–Crippen LogP) is 1.82. The van der Waals surface area contributed by atoms with Crippen molar-refractivity contribution in [2.45, 2.75) is 20.4 Å². The minimum Gasteiger partial charge on any atom is -0.354 e. The van der Waals surface area contributed by atoms with E-state index in [0.717, 1.165) is 27.9 Å². The summed E-state index contributed by atoms with van der Waals surface area (Å²) in [6, 6.07) is 7.56. The van der Waals surface area contributed by atoms with Gasteiger partial charge in [-0.2, -0.15) is 5.10 Å². The number of carbonyl (C=O) groups excluding carboxylic acids is 1. The number of hydrogen-bond donors (Lipinski definition) is 1. The van der Waals surface area contributed by atoms with Crippen LogP contribution < -0.4 is 10.7 Å². The topological polar surface area (TPSA) is 68.9 Å². The van der Waals surface area contributed by atoms with Crippen LogP contribution in [0.2, 0.25) is 0 Å². The first-order valence-corrected chi connectivity index (χ1v) is 7.74. The number of amides is 1. The number of pyridine rings is 1. The SMILES string of the molecule is Cc1ccc2c(c1)c(CNC(=O)c1cn(C)c(C)cc1=O)nn2C. The minimum atomic E-state index is -0.387. The Hall–Kier alpha value is -2.89. The Kier molecular flexibility index (Phi) is 3.97. The summed E-state index contributed by atoms with van der Waals surface area (Å²) < 4.78 is 3.55. The van der Waals surface area contributed by atoms with Gasteiger partial charge in [-0.25, -0.2) is 0 Å². The number of carbonyl (C=O) groups is 1. The standard InChI is InChI=1S/C18H20N4O2/c1-11-5-6-16-13(7-11)15(20-22(16)4)9-19-18(24)14-10-21(3)12(2)8-17(14)23/h5-8,10H,9H2,1-4H3,(H,19,24). The van der Waals surface area contributed by atoms with Crippen molar-refractivity contribution < 1.29 is 4.79 Å². The molecule has 2 heterocycles. The minimum absolute atomic E-state index is 0.138. The van der Waals surface area contributed by atoms with Crippen molar-refractivity contribution in [3.8, 4) is 0 Å². The highest BCUT2D eigenvalue weighted by Crippen LogP contribution is 2.19. The number of nitrogens with zero attached hydrogens (tertiary/aromatic N) is 3. The lowest BCUT2D eigenvalue weighted by Gasteiger charge is -2.07. The Morgan fingerprint density at radius 2 is 1.96 bits per heavy atom. The van der Waals surface area contributed by atoms with Crippen LogP contribution in [0, 0.1) is 13.8 Å². The fourth-order valence-electron chi connectivity index (χ4n) is 2.74. The summed E-state index contributed by atoms with van der Waals surface area (Å²) >= 11 is 0. The second-order valence-electron chi connectivity index (χ2n) is 6.08. The van der Waals surface area contributed by atoms with E-state index < -0.39 is 0 Å². The predicted molar refractivity (Wildman–Crippen MR) is 93.0 cm³/mol. The molecule has 1 amide bonds. The van der Waals surface area contributed by atoms with Crippen molar-refractivity contribution >= 4 is 16.8 Å². The van der Waals surface area contributed by atoms with Crippen molar-refractivity contribution in [3.63, 3.8) is 0 Å². The monoisotopic (exact) mass is 324 g/mol. The number of hydrogen-bond acceptors (Lipinski definition) is 3. The van der Waals surface area contributed by atoms with Crippen LogP contribution >= 0.6 is 0 Å². The number of fused-ring (bicyclic) bond motifs is 1. The molecule has 0 atom stereocenters. The summed E-state index contributed by atoms with van der Waals surface area (Å²) in [7, 11) is 3.68. The molecule has 0 aliphatic rings. The number of benzene rings is 1. The summed E-state index contributed by atoms with van der Waals surface area (Å²) in [6.45, 7) is 4.12. The number of aryl methyl sites for hydroxylation is 4. The van der Waals surface area contributed by atoms with Gasteiger partial charge in [-0.1, -0.05) is 11.6 Å². The lowest BCUT2D eigenvalue weighted by molar-refractivity contribution is 0.0948. The molecule has 3 rings (SSSR count). The molecule has 0 spiro atoms. The van der Waals surface area contributed by atoms with Gasteiger partial charge in [0.05, 0.1) is 17.8 Å². The van der Waals surface area contributed by atoms with Gasteiger partial charge in [0.1, 0.15) is 5.56 Å². The molecular weight excluding hydrogens is 304 g/mol. The lowest BCUT2D eigenvalue weighted by atomic mass is 10.1. The van der Waals surface area contributed by atoms with E-state index >= 15 is 0 Å². The molecule has 0 saturated carbocycles. The van der Waals surface area contributed by atoms with Crippen LogP contribution in [0.4, 0.5) is 0 Å². The fraction of sp³-hybridized carbons (Fsp3) is 0.278. The average molecular weight is 324 g/mol. The molecule has 2 aromatic heterocycles. The van der Waals surface area contributed by atoms with Gasteiger partial charge in [-0.3, -0.25) is 14.3 Å². The highest BCUT2D eigenvalue weighted by molar-refractivity contribution is 5.94. The molecular formula is C18H20N4O2. The van der Waals surface area contributed by atoms with Gasteiger partial charge < -0.3 is 9.88 Å². The molecule has 0 unspecified atom stereocenters. The molecule has 24 heavy (non-hydrogen) atoms. The Labute approximate surface area is 139 Å². The van der Waals surface area contributed by atoms with E-state index in [2.05, 4.69) is 16.5 Å². The van der Waals surface area contributed by atoms with Gasteiger partial charge in [-0.15, -0.1) is 0 Å². The summed E-state index contributed by atoms with van der Waals surface area (Å²) in [5, 5.41) is 8.28. The van der Waals surface area contributed by atoms with Crippen LogP contribution in [0.1, 0.15) is 27.3 Å². The smallest absolute Gasteiger partial charge is 0.257 e. The van der Waals surface area contributed by atoms with Crippen molar-refractivity contribution in [1.82, 2.24) is 19.7 Å². The first-order chi connectivity index (χ1) is 11.4. The summed E-state index contributed by atoms with van der Waals surface area (Å²) in [5.74, 6) is -0.387. The van der Waals surface area contributed by atoms with Gasteiger partial charge >= 0.3 is 0 Å². The first kappa shape index (κ1) is 16.0. The second kappa shape index (κ2) is 5.96. The molecule has 0 fully saturated rings. The molecule has 0 radical (unpaired) electrons. The summed E-state index contributed by atoms with van der Waals surface area (Å²) in [5.41, 5.74) is 3.60. The van der Waals surface area contributed by atoms with Gasteiger partial charge in [-0.05, 0) is 26.0 Å². The molecule has 124 valence electrons. The van der Waals surface area contributed by atoms with Crippen LogP contribution in [-0.2, 0) is 20.6 Å². The van der Waals surface area contributed by atoms with Gasteiger partial charge in [0, 0.05) is 37.4 Å². The fourth-order valence-corrected chi connectivity index (χ4v) is 2.74. The highest BCUT2D eigenvalue weighted by Gasteiger charge is 2.14. The quantitative estimate of drug-likeness (QED) is 0.799. The Morgan fingerprint density at radius 3 is 2.71 bits per heavy atom. The Balaban J connectivity index is 1.86. The van der Waals surface area contributed by atoms with E-state index in [1.807, 2.05) is 33.0 Å². The number of nitrogens with one attached hydrogen (secondary N) is 1. The molecule has 1 aromatic carbocycles.